The number of oxime groups is 1. The Bertz CT molecular complexity index is 468. The number of amides is 1. The summed E-state index contributed by atoms with van der Waals surface area (Å²) in [4.78, 5) is 30.7. The van der Waals surface area contributed by atoms with E-state index >= 15 is 0 Å². The minimum Gasteiger partial charge on any atom is -0.461 e. The Morgan fingerprint density at radius 2 is 2.14 bits per heavy atom. The highest BCUT2D eigenvalue weighted by Crippen LogP contribution is 2.34. The first-order valence-electron chi connectivity index (χ1n) is 7.15. The molecule has 2 aliphatic rings. The summed E-state index contributed by atoms with van der Waals surface area (Å²) in [5.41, 5.74) is -0.863. The normalized spacial score (nSPS) is 24.8. The number of esters is 1. The number of hydrogen-bond donors (Lipinski definition) is 0. The lowest BCUT2D eigenvalue weighted by Crippen LogP contribution is -2.39. The molecule has 0 saturated carbocycles. The van der Waals surface area contributed by atoms with Crippen molar-refractivity contribution in [1.82, 2.24) is 4.90 Å². The van der Waals surface area contributed by atoms with Crippen LogP contribution < -0.4 is 0 Å². The summed E-state index contributed by atoms with van der Waals surface area (Å²) in [5.74, 6) is -0.454. The van der Waals surface area contributed by atoms with Gasteiger partial charge in [0.2, 0.25) is 0 Å². The average Bonchev–Trinajstić information content (AvgIpc) is 2.96. The molecule has 7 heteroatoms. The summed E-state index contributed by atoms with van der Waals surface area (Å²) in [7, 11) is 0. The Labute approximate surface area is 124 Å². The van der Waals surface area contributed by atoms with Crippen LogP contribution in [-0.4, -0.2) is 53.6 Å². The molecule has 0 N–H and O–H groups in total. The largest absolute Gasteiger partial charge is 0.461 e. The summed E-state index contributed by atoms with van der Waals surface area (Å²) >= 11 is 0. The van der Waals surface area contributed by atoms with E-state index in [0.717, 1.165) is 0 Å². The van der Waals surface area contributed by atoms with Gasteiger partial charge >= 0.3 is 12.1 Å². The van der Waals surface area contributed by atoms with Gasteiger partial charge in [0.1, 0.15) is 5.60 Å². The zero-order chi connectivity index (χ0) is 15.7. The molecule has 2 aliphatic heterocycles. The van der Waals surface area contributed by atoms with E-state index in [1.807, 2.05) is 20.8 Å². The van der Waals surface area contributed by atoms with Gasteiger partial charge in [0.15, 0.2) is 11.3 Å². The molecule has 2 heterocycles. The lowest BCUT2D eigenvalue weighted by atomic mass is 9.97. The third kappa shape index (κ3) is 3.65. The number of nitrogens with zero attached hydrogens (tertiary/aromatic N) is 2. The van der Waals surface area contributed by atoms with E-state index in [1.54, 1.807) is 11.8 Å². The van der Waals surface area contributed by atoms with E-state index in [1.165, 1.54) is 0 Å². The van der Waals surface area contributed by atoms with Crippen LogP contribution in [0.4, 0.5) is 4.79 Å². The second-order valence-electron chi connectivity index (χ2n) is 6.36. The van der Waals surface area contributed by atoms with Crippen molar-refractivity contribution in [1.29, 1.82) is 0 Å². The summed E-state index contributed by atoms with van der Waals surface area (Å²) < 4.78 is 10.3. The van der Waals surface area contributed by atoms with Crippen molar-refractivity contribution in [3.63, 3.8) is 0 Å². The zero-order valence-corrected chi connectivity index (χ0v) is 13.0. The first-order chi connectivity index (χ1) is 9.75. The molecule has 0 aromatic carbocycles. The molecule has 1 atom stereocenters. The van der Waals surface area contributed by atoms with E-state index in [4.69, 9.17) is 14.3 Å². The Balaban J connectivity index is 1.92. The Morgan fingerprint density at radius 3 is 2.76 bits per heavy atom. The maximum absolute atomic E-state index is 12.0. The van der Waals surface area contributed by atoms with Crippen molar-refractivity contribution in [3.05, 3.63) is 0 Å². The van der Waals surface area contributed by atoms with E-state index in [0.29, 0.717) is 32.5 Å². The average molecular weight is 298 g/mol. The maximum atomic E-state index is 12.0. The first-order valence-corrected chi connectivity index (χ1v) is 7.15. The van der Waals surface area contributed by atoms with Crippen LogP contribution in [0.15, 0.2) is 5.16 Å². The zero-order valence-electron chi connectivity index (χ0n) is 13.0. The van der Waals surface area contributed by atoms with Gasteiger partial charge in [-0.3, -0.25) is 0 Å². The van der Waals surface area contributed by atoms with Gasteiger partial charge in [-0.15, -0.1) is 0 Å². The van der Waals surface area contributed by atoms with E-state index in [9.17, 15) is 9.59 Å². The summed E-state index contributed by atoms with van der Waals surface area (Å²) in [6.45, 7) is 8.41. The Kier molecular flexibility index (Phi) is 4.11. The van der Waals surface area contributed by atoms with Gasteiger partial charge in [-0.2, -0.15) is 0 Å². The number of carbonyl (C=O) groups is 2. The molecule has 2 rings (SSSR count). The third-order valence-electron chi connectivity index (χ3n) is 3.32. The quantitative estimate of drug-likeness (QED) is 0.725. The van der Waals surface area contributed by atoms with Gasteiger partial charge in [-0.05, 0) is 27.7 Å². The Morgan fingerprint density at radius 1 is 1.43 bits per heavy atom. The first kappa shape index (κ1) is 15.6. The van der Waals surface area contributed by atoms with Crippen molar-refractivity contribution < 1.29 is 23.9 Å². The maximum Gasteiger partial charge on any atom is 0.410 e. The SMILES string of the molecule is CCOC(=O)C1=NOC2(CCN(C(=O)OC(C)(C)C)C2)C1. The summed E-state index contributed by atoms with van der Waals surface area (Å²) in [5, 5.41) is 3.82. The van der Waals surface area contributed by atoms with Crippen molar-refractivity contribution in [2.75, 3.05) is 19.7 Å². The fraction of sp³-hybridized carbons (Fsp3) is 0.786. The number of hydrogen-bond acceptors (Lipinski definition) is 6. The summed E-state index contributed by atoms with van der Waals surface area (Å²) in [6, 6.07) is 0. The molecular weight excluding hydrogens is 276 g/mol. The van der Waals surface area contributed by atoms with Crippen molar-refractivity contribution in [2.45, 2.75) is 51.7 Å². The lowest BCUT2D eigenvalue weighted by molar-refractivity contribution is -0.135. The monoisotopic (exact) mass is 298 g/mol. The number of likely N-dealkylation sites (tertiary alicyclic amines) is 1. The molecule has 0 bridgehead atoms. The topological polar surface area (TPSA) is 77.4 Å². The molecule has 1 spiro atoms. The van der Waals surface area contributed by atoms with Gasteiger partial charge in [-0.25, -0.2) is 9.59 Å². The lowest BCUT2D eigenvalue weighted by Gasteiger charge is -2.25. The van der Waals surface area contributed by atoms with Crippen LogP contribution in [-0.2, 0) is 19.1 Å². The third-order valence-corrected chi connectivity index (χ3v) is 3.32. The standard InChI is InChI=1S/C14H22N2O5/c1-5-19-11(17)10-8-14(21-15-10)6-7-16(9-14)12(18)20-13(2,3)4/h5-9H2,1-4H3. The van der Waals surface area contributed by atoms with Crippen molar-refractivity contribution in [2.24, 2.45) is 5.16 Å². The molecule has 21 heavy (non-hydrogen) atoms. The van der Waals surface area contributed by atoms with Crippen LogP contribution in [0.5, 0.6) is 0 Å². The number of carbonyl (C=O) groups excluding carboxylic acids is 2. The minimum absolute atomic E-state index is 0.280. The van der Waals surface area contributed by atoms with Crippen LogP contribution in [0.1, 0.15) is 40.5 Å². The van der Waals surface area contributed by atoms with E-state index in [2.05, 4.69) is 5.16 Å². The molecule has 118 valence electrons. The van der Waals surface area contributed by atoms with Crippen molar-refractivity contribution in [3.8, 4) is 0 Å². The molecule has 0 aliphatic carbocycles. The molecular formula is C14H22N2O5. The van der Waals surface area contributed by atoms with Gasteiger partial charge in [-0.1, -0.05) is 5.16 Å². The highest BCUT2D eigenvalue weighted by molar-refractivity contribution is 6.36. The molecule has 7 nitrogen and oxygen atoms in total. The predicted molar refractivity (Wildman–Crippen MR) is 74.9 cm³/mol. The molecule has 1 fully saturated rings. The van der Waals surface area contributed by atoms with Gasteiger partial charge in [0, 0.05) is 19.4 Å². The van der Waals surface area contributed by atoms with E-state index in [-0.39, 0.29) is 11.8 Å². The van der Waals surface area contributed by atoms with Gasteiger partial charge < -0.3 is 19.2 Å². The van der Waals surface area contributed by atoms with Crippen LogP contribution in [0, 0.1) is 0 Å². The second kappa shape index (κ2) is 5.54. The fourth-order valence-corrected chi connectivity index (χ4v) is 2.39. The van der Waals surface area contributed by atoms with Crippen LogP contribution >= 0.6 is 0 Å². The van der Waals surface area contributed by atoms with Gasteiger partial charge in [0.05, 0.1) is 13.2 Å². The Hall–Kier alpha value is -1.79. The number of rotatable bonds is 2. The smallest absolute Gasteiger partial charge is 0.410 e. The summed E-state index contributed by atoms with van der Waals surface area (Å²) in [6.07, 6.45) is 0.622. The molecule has 1 unspecified atom stereocenters. The highest BCUT2D eigenvalue weighted by atomic mass is 16.7. The van der Waals surface area contributed by atoms with Crippen LogP contribution in [0.3, 0.4) is 0 Å². The van der Waals surface area contributed by atoms with Crippen LogP contribution in [0.25, 0.3) is 0 Å². The van der Waals surface area contributed by atoms with Crippen molar-refractivity contribution >= 4 is 17.8 Å². The second-order valence-corrected chi connectivity index (χ2v) is 6.36. The predicted octanol–water partition coefficient (Wildman–Crippen LogP) is 1.71. The molecule has 0 radical (unpaired) electrons. The molecule has 1 amide bonds. The molecule has 0 aromatic rings. The highest BCUT2D eigenvalue weighted by Gasteiger charge is 2.49. The van der Waals surface area contributed by atoms with E-state index < -0.39 is 17.2 Å². The minimum atomic E-state index is -0.612. The van der Waals surface area contributed by atoms with Crippen LogP contribution in [0.2, 0.25) is 0 Å². The molecule has 0 aromatic heterocycles. The fourth-order valence-electron chi connectivity index (χ4n) is 2.39. The van der Waals surface area contributed by atoms with Gasteiger partial charge in [0.25, 0.3) is 0 Å². The number of ether oxygens (including phenoxy) is 2. The molecule has 1 saturated heterocycles.